The normalized spacial score (nSPS) is 11.4. The van der Waals surface area contributed by atoms with Gasteiger partial charge in [0.25, 0.3) is 0 Å². The van der Waals surface area contributed by atoms with Gasteiger partial charge in [0.05, 0.1) is 12.2 Å². The van der Waals surface area contributed by atoms with E-state index in [1.807, 2.05) is 30.8 Å². The summed E-state index contributed by atoms with van der Waals surface area (Å²) in [4.78, 5) is 18.7. The molecule has 6 heteroatoms. The highest BCUT2D eigenvalue weighted by Crippen LogP contribution is 2.08. The van der Waals surface area contributed by atoms with Crippen molar-refractivity contribution in [1.29, 1.82) is 0 Å². The molecule has 1 N–H and O–H groups in total. The number of carbonyl (C=O) groups is 1. The van der Waals surface area contributed by atoms with Crippen molar-refractivity contribution >= 4 is 5.97 Å². The quantitative estimate of drug-likeness (QED) is 0.746. The molecule has 0 saturated heterocycles. The zero-order valence-electron chi connectivity index (χ0n) is 10.5. The van der Waals surface area contributed by atoms with Crippen molar-refractivity contribution in [3.05, 3.63) is 17.8 Å². The van der Waals surface area contributed by atoms with E-state index in [2.05, 4.69) is 4.98 Å². The first-order valence-electron chi connectivity index (χ1n) is 5.47. The van der Waals surface area contributed by atoms with Gasteiger partial charge in [0.1, 0.15) is 5.76 Å². The molecule has 0 saturated carbocycles. The number of oxazole rings is 1. The third-order valence-electron chi connectivity index (χ3n) is 2.44. The Bertz CT molecular complexity index is 363. The lowest BCUT2D eigenvalue weighted by atomic mass is 10.3. The van der Waals surface area contributed by atoms with Crippen molar-refractivity contribution in [2.45, 2.75) is 13.5 Å². The summed E-state index contributed by atoms with van der Waals surface area (Å²) in [5.41, 5.74) is 0.796. The van der Waals surface area contributed by atoms with Gasteiger partial charge >= 0.3 is 5.97 Å². The van der Waals surface area contributed by atoms with Gasteiger partial charge in [-0.05, 0) is 21.0 Å². The number of carboxylic acids is 1. The summed E-state index contributed by atoms with van der Waals surface area (Å²) >= 11 is 0. The Labute approximate surface area is 101 Å². The summed E-state index contributed by atoms with van der Waals surface area (Å²) < 4.78 is 5.10. The van der Waals surface area contributed by atoms with Gasteiger partial charge in [-0.2, -0.15) is 0 Å². The first kappa shape index (κ1) is 13.7. The molecule has 6 nitrogen and oxygen atoms in total. The van der Waals surface area contributed by atoms with Crippen LogP contribution in [0.4, 0.5) is 0 Å². The molecule has 96 valence electrons. The number of likely N-dealkylation sites (N-methyl/N-ethyl adjacent to an activating group) is 1. The van der Waals surface area contributed by atoms with Gasteiger partial charge in [0, 0.05) is 19.6 Å². The molecule has 0 bridgehead atoms. The van der Waals surface area contributed by atoms with E-state index in [-0.39, 0.29) is 6.54 Å². The standard InChI is InChI=1S/C11H19N3O3/c1-9-10(12-8-17-9)6-14(7-11(15)16)5-4-13(2)3/h8H,4-7H2,1-3H3,(H,15,16). The molecule has 0 fully saturated rings. The Hall–Kier alpha value is -1.40. The van der Waals surface area contributed by atoms with Crippen LogP contribution in [0.25, 0.3) is 0 Å². The van der Waals surface area contributed by atoms with Crippen molar-refractivity contribution < 1.29 is 14.3 Å². The minimum absolute atomic E-state index is 0.0140. The van der Waals surface area contributed by atoms with Gasteiger partial charge in [-0.3, -0.25) is 9.69 Å². The van der Waals surface area contributed by atoms with Crippen molar-refractivity contribution in [3.8, 4) is 0 Å². The average molecular weight is 241 g/mol. The van der Waals surface area contributed by atoms with Crippen LogP contribution < -0.4 is 0 Å². The molecule has 0 amide bonds. The second-order valence-corrected chi connectivity index (χ2v) is 4.26. The predicted molar refractivity (Wildman–Crippen MR) is 62.7 cm³/mol. The lowest BCUT2D eigenvalue weighted by Crippen LogP contribution is -2.35. The monoisotopic (exact) mass is 241 g/mol. The van der Waals surface area contributed by atoms with Gasteiger partial charge < -0.3 is 14.4 Å². The smallest absolute Gasteiger partial charge is 0.317 e. The first-order chi connectivity index (χ1) is 7.99. The number of hydrogen-bond acceptors (Lipinski definition) is 5. The Morgan fingerprint density at radius 3 is 2.65 bits per heavy atom. The molecular weight excluding hydrogens is 222 g/mol. The van der Waals surface area contributed by atoms with Crippen LogP contribution in [0.15, 0.2) is 10.8 Å². The molecule has 1 aromatic rings. The van der Waals surface area contributed by atoms with Crippen LogP contribution in [0.5, 0.6) is 0 Å². The fourth-order valence-corrected chi connectivity index (χ4v) is 1.44. The minimum Gasteiger partial charge on any atom is -0.480 e. The van der Waals surface area contributed by atoms with Crippen molar-refractivity contribution in [2.24, 2.45) is 0 Å². The number of aryl methyl sites for hydroxylation is 1. The first-order valence-corrected chi connectivity index (χ1v) is 5.47. The van der Waals surface area contributed by atoms with E-state index < -0.39 is 5.97 Å². The molecule has 0 radical (unpaired) electrons. The van der Waals surface area contributed by atoms with Crippen LogP contribution in [-0.4, -0.2) is 59.6 Å². The number of carboxylic acid groups (broad SMARTS) is 1. The number of hydrogen-bond donors (Lipinski definition) is 1. The predicted octanol–water partition coefficient (Wildman–Crippen LogP) is 0.431. The fourth-order valence-electron chi connectivity index (χ4n) is 1.44. The average Bonchev–Trinajstić information content (AvgIpc) is 2.60. The van der Waals surface area contributed by atoms with Crippen LogP contribution in [0, 0.1) is 6.92 Å². The maximum Gasteiger partial charge on any atom is 0.317 e. The molecule has 0 aliphatic heterocycles. The summed E-state index contributed by atoms with van der Waals surface area (Å²) in [7, 11) is 3.92. The maximum atomic E-state index is 10.8. The highest BCUT2D eigenvalue weighted by atomic mass is 16.4. The van der Waals surface area contributed by atoms with Gasteiger partial charge in [-0.1, -0.05) is 0 Å². The van der Waals surface area contributed by atoms with E-state index >= 15 is 0 Å². The van der Waals surface area contributed by atoms with Crippen LogP contribution in [0.3, 0.4) is 0 Å². The molecular formula is C11H19N3O3. The summed E-state index contributed by atoms with van der Waals surface area (Å²) in [5, 5.41) is 8.85. The zero-order chi connectivity index (χ0) is 12.8. The Kier molecular flexibility index (Phi) is 5.11. The van der Waals surface area contributed by atoms with E-state index in [9.17, 15) is 4.79 Å². The number of nitrogens with zero attached hydrogens (tertiary/aromatic N) is 3. The molecule has 17 heavy (non-hydrogen) atoms. The molecule has 0 aliphatic rings. The van der Waals surface area contributed by atoms with E-state index in [0.29, 0.717) is 13.1 Å². The zero-order valence-corrected chi connectivity index (χ0v) is 10.5. The second kappa shape index (κ2) is 6.36. The van der Waals surface area contributed by atoms with E-state index in [1.165, 1.54) is 6.39 Å². The Morgan fingerprint density at radius 1 is 1.47 bits per heavy atom. The van der Waals surface area contributed by atoms with Gasteiger partial charge in [-0.15, -0.1) is 0 Å². The summed E-state index contributed by atoms with van der Waals surface area (Å²) in [6, 6.07) is 0. The number of aliphatic carboxylic acids is 1. The maximum absolute atomic E-state index is 10.8. The molecule has 0 unspecified atom stereocenters. The number of rotatable bonds is 7. The topological polar surface area (TPSA) is 69.8 Å². The third kappa shape index (κ3) is 4.97. The highest BCUT2D eigenvalue weighted by Gasteiger charge is 2.13. The molecule has 0 atom stereocenters. The molecule has 1 aromatic heterocycles. The van der Waals surface area contributed by atoms with Gasteiger partial charge in [0.15, 0.2) is 6.39 Å². The Morgan fingerprint density at radius 2 is 2.18 bits per heavy atom. The molecule has 0 aromatic carbocycles. The number of aromatic nitrogens is 1. The lowest BCUT2D eigenvalue weighted by molar-refractivity contribution is -0.138. The minimum atomic E-state index is -0.829. The molecule has 0 spiro atoms. The van der Waals surface area contributed by atoms with E-state index in [4.69, 9.17) is 9.52 Å². The largest absolute Gasteiger partial charge is 0.480 e. The highest BCUT2D eigenvalue weighted by molar-refractivity contribution is 5.69. The Balaban J connectivity index is 2.57. The van der Waals surface area contributed by atoms with Crippen LogP contribution in [-0.2, 0) is 11.3 Å². The third-order valence-corrected chi connectivity index (χ3v) is 2.44. The molecule has 1 rings (SSSR count). The fraction of sp³-hybridized carbons (Fsp3) is 0.636. The van der Waals surface area contributed by atoms with Crippen LogP contribution >= 0.6 is 0 Å². The summed E-state index contributed by atoms with van der Waals surface area (Å²) in [6.45, 7) is 3.84. The summed E-state index contributed by atoms with van der Waals surface area (Å²) in [5.74, 6) is -0.0878. The van der Waals surface area contributed by atoms with Crippen LogP contribution in [0.1, 0.15) is 11.5 Å². The second-order valence-electron chi connectivity index (χ2n) is 4.26. The SMILES string of the molecule is Cc1ocnc1CN(CCN(C)C)CC(=O)O. The molecule has 0 aliphatic carbocycles. The van der Waals surface area contributed by atoms with Crippen molar-refractivity contribution in [3.63, 3.8) is 0 Å². The summed E-state index contributed by atoms with van der Waals surface area (Å²) in [6.07, 6.45) is 1.38. The van der Waals surface area contributed by atoms with Crippen LogP contribution in [0.2, 0.25) is 0 Å². The van der Waals surface area contributed by atoms with Gasteiger partial charge in [0.2, 0.25) is 0 Å². The van der Waals surface area contributed by atoms with Crippen molar-refractivity contribution in [1.82, 2.24) is 14.8 Å². The molecule has 1 heterocycles. The van der Waals surface area contributed by atoms with Crippen molar-refractivity contribution in [2.75, 3.05) is 33.7 Å². The lowest BCUT2D eigenvalue weighted by Gasteiger charge is -2.21. The van der Waals surface area contributed by atoms with Gasteiger partial charge in [-0.25, -0.2) is 4.98 Å². The van der Waals surface area contributed by atoms with E-state index in [1.54, 1.807) is 0 Å². The van der Waals surface area contributed by atoms with E-state index in [0.717, 1.165) is 18.0 Å².